The van der Waals surface area contributed by atoms with E-state index in [1.54, 1.807) is 18.6 Å². The van der Waals surface area contributed by atoms with Crippen LogP contribution < -0.4 is 9.46 Å². The lowest BCUT2D eigenvalue weighted by atomic mass is 10.0. The molecule has 25 heavy (non-hydrogen) atoms. The van der Waals surface area contributed by atoms with E-state index in [4.69, 9.17) is 21.1 Å². The molecule has 0 spiro atoms. The van der Waals surface area contributed by atoms with Crippen LogP contribution in [0.5, 0.6) is 5.75 Å². The molecule has 1 aromatic heterocycles. The van der Waals surface area contributed by atoms with Crippen LogP contribution in [-0.4, -0.2) is 37.7 Å². The monoisotopic (exact) mass is 385 g/mol. The highest BCUT2D eigenvalue weighted by Crippen LogP contribution is 2.30. The fourth-order valence-electron chi connectivity index (χ4n) is 2.89. The van der Waals surface area contributed by atoms with Crippen LogP contribution in [0.25, 0.3) is 0 Å². The summed E-state index contributed by atoms with van der Waals surface area (Å²) in [5.74, 6) is 0.435. The van der Waals surface area contributed by atoms with Gasteiger partial charge in [0, 0.05) is 25.8 Å². The van der Waals surface area contributed by atoms with Gasteiger partial charge in [-0.05, 0) is 25.0 Å². The first-order valence-electron chi connectivity index (χ1n) is 7.84. The average Bonchev–Trinajstić information content (AvgIpc) is 3.01. The molecule has 1 aromatic carbocycles. The summed E-state index contributed by atoms with van der Waals surface area (Å²) in [6, 6.07) is 4.30. The zero-order valence-electron chi connectivity index (χ0n) is 14.0. The van der Waals surface area contributed by atoms with Gasteiger partial charge in [0.05, 0.1) is 30.4 Å². The third-order valence-corrected chi connectivity index (χ3v) is 6.22. The smallest absolute Gasteiger partial charge is 0.242 e. The maximum absolute atomic E-state index is 12.7. The van der Waals surface area contributed by atoms with Gasteiger partial charge in [-0.25, -0.2) is 18.1 Å². The number of hydrogen-bond acceptors (Lipinski definition) is 5. The quantitative estimate of drug-likeness (QED) is 0.853. The first-order chi connectivity index (χ1) is 11.9. The summed E-state index contributed by atoms with van der Waals surface area (Å²) in [5.41, 5.74) is 0.920. The van der Waals surface area contributed by atoms with E-state index in [1.807, 2.05) is 11.6 Å². The Morgan fingerprint density at radius 1 is 1.44 bits per heavy atom. The fraction of sp³-hybridized carbons (Fsp3) is 0.438. The lowest BCUT2D eigenvalue weighted by Gasteiger charge is -2.30. The van der Waals surface area contributed by atoms with Crippen molar-refractivity contribution in [3.63, 3.8) is 0 Å². The van der Waals surface area contributed by atoms with Gasteiger partial charge in [0.15, 0.2) is 0 Å². The predicted molar refractivity (Wildman–Crippen MR) is 93.2 cm³/mol. The number of aromatic nitrogens is 2. The first-order valence-corrected chi connectivity index (χ1v) is 9.70. The molecule has 0 amide bonds. The van der Waals surface area contributed by atoms with Gasteiger partial charge in [0.25, 0.3) is 0 Å². The van der Waals surface area contributed by atoms with E-state index in [9.17, 15) is 8.42 Å². The molecule has 1 N–H and O–H groups in total. The Morgan fingerprint density at radius 3 is 2.92 bits per heavy atom. The molecule has 7 nitrogen and oxygen atoms in total. The molecule has 2 heterocycles. The van der Waals surface area contributed by atoms with Crippen molar-refractivity contribution >= 4 is 21.6 Å². The van der Waals surface area contributed by atoms with Crippen molar-refractivity contribution in [2.75, 3.05) is 13.7 Å². The number of methoxy groups -OCH3 is 1. The predicted octanol–water partition coefficient (Wildman–Crippen LogP) is 2.28. The molecular formula is C16H20ClN3O4S. The Hall–Kier alpha value is -1.61. The highest BCUT2D eigenvalue weighted by Gasteiger charge is 2.30. The number of rotatable bonds is 5. The average molecular weight is 386 g/mol. The van der Waals surface area contributed by atoms with Crippen LogP contribution in [0.4, 0.5) is 0 Å². The molecule has 1 aliphatic heterocycles. The summed E-state index contributed by atoms with van der Waals surface area (Å²) in [4.78, 5) is 4.10. The Morgan fingerprint density at radius 2 is 2.24 bits per heavy atom. The highest BCUT2D eigenvalue weighted by molar-refractivity contribution is 7.89. The van der Waals surface area contributed by atoms with Gasteiger partial charge >= 0.3 is 0 Å². The summed E-state index contributed by atoms with van der Waals surface area (Å²) >= 11 is 6.08. The molecule has 0 saturated carbocycles. The zero-order valence-corrected chi connectivity index (χ0v) is 15.5. The largest absolute Gasteiger partial charge is 0.497 e. The van der Waals surface area contributed by atoms with Crippen LogP contribution in [0.1, 0.15) is 24.6 Å². The summed E-state index contributed by atoms with van der Waals surface area (Å²) in [7, 11) is -0.405. The third-order valence-electron chi connectivity index (χ3n) is 4.22. The number of ether oxygens (including phenoxy) is 2. The summed E-state index contributed by atoms with van der Waals surface area (Å²) < 4.78 is 41.0. The number of halogens is 1. The van der Waals surface area contributed by atoms with Crippen LogP contribution in [0.2, 0.25) is 5.02 Å². The molecule has 1 fully saturated rings. The molecule has 0 unspecified atom stereocenters. The third kappa shape index (κ3) is 3.98. The van der Waals surface area contributed by atoms with Gasteiger partial charge in [-0.3, -0.25) is 0 Å². The van der Waals surface area contributed by atoms with E-state index < -0.39 is 10.0 Å². The van der Waals surface area contributed by atoms with E-state index in [2.05, 4.69) is 9.71 Å². The standard InChI is InChI=1S/C16H20ClN3O4S/c1-20-10-18-9-14(20)15-7-11(5-6-24-15)19-25(21,22)16-8-12(23-2)3-4-13(16)17/h3-4,8-11,15,19H,5-7H2,1-2H3/t11-,15+/m0/s1. The second kappa shape index (κ2) is 7.33. The molecule has 1 saturated heterocycles. The molecule has 2 atom stereocenters. The Bertz CT molecular complexity index is 853. The van der Waals surface area contributed by atoms with Gasteiger partial charge in [0.2, 0.25) is 10.0 Å². The van der Waals surface area contributed by atoms with Crippen LogP contribution in [-0.2, 0) is 21.8 Å². The van der Waals surface area contributed by atoms with Crippen molar-refractivity contribution in [3.8, 4) is 5.75 Å². The van der Waals surface area contributed by atoms with Crippen LogP contribution in [0.15, 0.2) is 35.6 Å². The number of hydrogen-bond donors (Lipinski definition) is 1. The molecule has 2 aromatic rings. The molecule has 9 heteroatoms. The van der Waals surface area contributed by atoms with Crippen molar-refractivity contribution in [1.82, 2.24) is 14.3 Å². The maximum Gasteiger partial charge on any atom is 0.242 e. The van der Waals surface area contributed by atoms with Gasteiger partial charge in [-0.1, -0.05) is 11.6 Å². The number of benzene rings is 1. The molecule has 1 aliphatic rings. The van der Waals surface area contributed by atoms with E-state index in [0.717, 1.165) is 5.69 Å². The minimum absolute atomic E-state index is 0.0112. The number of nitrogens with one attached hydrogen (secondary N) is 1. The molecule has 136 valence electrons. The Balaban J connectivity index is 1.78. The first kappa shape index (κ1) is 18.2. The van der Waals surface area contributed by atoms with Gasteiger partial charge in [-0.2, -0.15) is 0 Å². The second-order valence-corrected chi connectivity index (χ2v) is 8.02. The highest BCUT2D eigenvalue weighted by atomic mass is 35.5. The van der Waals surface area contributed by atoms with E-state index in [-0.39, 0.29) is 22.1 Å². The van der Waals surface area contributed by atoms with Crippen molar-refractivity contribution < 1.29 is 17.9 Å². The fourth-order valence-corrected chi connectivity index (χ4v) is 4.69. The molecular weight excluding hydrogens is 366 g/mol. The summed E-state index contributed by atoms with van der Waals surface area (Å²) in [6.45, 7) is 0.467. The number of imidazole rings is 1. The molecule has 0 aliphatic carbocycles. The van der Waals surface area contributed by atoms with E-state index in [1.165, 1.54) is 19.2 Å². The van der Waals surface area contributed by atoms with Crippen molar-refractivity contribution in [3.05, 3.63) is 41.4 Å². The lowest BCUT2D eigenvalue weighted by molar-refractivity contribution is -0.0000446. The Labute approximate surface area is 152 Å². The minimum atomic E-state index is -3.77. The van der Waals surface area contributed by atoms with Gasteiger partial charge < -0.3 is 14.0 Å². The van der Waals surface area contributed by atoms with Crippen LogP contribution in [0.3, 0.4) is 0 Å². The lowest BCUT2D eigenvalue weighted by Crippen LogP contribution is -2.40. The molecule has 0 radical (unpaired) electrons. The van der Waals surface area contributed by atoms with Crippen LogP contribution in [0, 0.1) is 0 Å². The zero-order chi connectivity index (χ0) is 18.0. The SMILES string of the molecule is COc1ccc(Cl)c(S(=O)(=O)N[C@H]2CCO[C@@H](c3cncn3C)C2)c1. The molecule has 0 bridgehead atoms. The minimum Gasteiger partial charge on any atom is -0.497 e. The number of nitrogens with zero attached hydrogens (tertiary/aromatic N) is 2. The number of aryl methyl sites for hydroxylation is 1. The number of sulfonamides is 1. The maximum atomic E-state index is 12.7. The second-order valence-electron chi connectivity index (χ2n) is 5.93. The normalized spacial score (nSPS) is 21.2. The van der Waals surface area contributed by atoms with Crippen molar-refractivity contribution in [2.45, 2.75) is 29.9 Å². The molecule has 3 rings (SSSR count). The van der Waals surface area contributed by atoms with Gasteiger partial charge in [0.1, 0.15) is 16.7 Å². The van der Waals surface area contributed by atoms with Crippen molar-refractivity contribution in [1.29, 1.82) is 0 Å². The Kier molecular flexibility index (Phi) is 5.33. The van der Waals surface area contributed by atoms with Crippen LogP contribution >= 0.6 is 11.6 Å². The van der Waals surface area contributed by atoms with Crippen molar-refractivity contribution in [2.24, 2.45) is 7.05 Å². The van der Waals surface area contributed by atoms with E-state index in [0.29, 0.717) is 25.2 Å². The summed E-state index contributed by atoms with van der Waals surface area (Å²) in [6.07, 6.45) is 4.35. The summed E-state index contributed by atoms with van der Waals surface area (Å²) in [5, 5.41) is 0.156. The topological polar surface area (TPSA) is 82.5 Å². The van der Waals surface area contributed by atoms with E-state index >= 15 is 0 Å². The van der Waals surface area contributed by atoms with Gasteiger partial charge in [-0.15, -0.1) is 0 Å².